The summed E-state index contributed by atoms with van der Waals surface area (Å²) in [5, 5.41) is 9.35. The van der Waals surface area contributed by atoms with Crippen LogP contribution in [0.2, 0.25) is 0 Å². The molecule has 0 saturated carbocycles. The van der Waals surface area contributed by atoms with Crippen LogP contribution in [0.1, 0.15) is 43.9 Å². The molecule has 0 spiro atoms. The summed E-state index contributed by atoms with van der Waals surface area (Å²) in [6, 6.07) is 5.85. The molecule has 2 rings (SSSR count). The molecule has 4 nitrogen and oxygen atoms in total. The van der Waals surface area contributed by atoms with Crippen molar-refractivity contribution in [3.05, 3.63) is 34.9 Å². The highest BCUT2D eigenvalue weighted by Crippen LogP contribution is 2.33. The van der Waals surface area contributed by atoms with Gasteiger partial charge in [0.2, 0.25) is 0 Å². The van der Waals surface area contributed by atoms with Crippen LogP contribution < -0.4 is 5.73 Å². The van der Waals surface area contributed by atoms with Crippen molar-refractivity contribution in [3.8, 4) is 0 Å². The molecule has 0 amide bonds. The van der Waals surface area contributed by atoms with E-state index >= 15 is 0 Å². The number of hydrogen-bond acceptors (Lipinski definition) is 3. The number of carbonyl (C=O) groups is 1. The molecule has 1 aromatic rings. The van der Waals surface area contributed by atoms with Crippen molar-refractivity contribution < 1.29 is 14.6 Å². The standard InChI is InChI=1S/C16H23NO3/c1-4-11-9-12(15(2,3)14(18)19)5-6-13(11)16(17)7-8-20-10-16/h5-6,9H,4,7-8,10,17H2,1-3H3,(H,18,19). The first kappa shape index (κ1) is 15.0. The molecule has 3 N–H and O–H groups in total. The SMILES string of the molecule is CCc1cc(C(C)(C)C(=O)O)ccc1C1(N)CCOC1. The van der Waals surface area contributed by atoms with Crippen LogP contribution in [0.3, 0.4) is 0 Å². The van der Waals surface area contributed by atoms with Crippen LogP contribution in [0.4, 0.5) is 0 Å². The number of aryl methyl sites for hydroxylation is 1. The number of carboxylic acid groups (broad SMARTS) is 1. The minimum Gasteiger partial charge on any atom is -0.481 e. The van der Waals surface area contributed by atoms with Crippen LogP contribution >= 0.6 is 0 Å². The first-order valence-corrected chi connectivity index (χ1v) is 7.05. The Kier molecular flexibility index (Phi) is 3.89. The first-order chi connectivity index (χ1) is 9.31. The average Bonchev–Trinajstić information content (AvgIpc) is 2.85. The number of benzene rings is 1. The van der Waals surface area contributed by atoms with Crippen LogP contribution in [-0.2, 0) is 26.9 Å². The van der Waals surface area contributed by atoms with E-state index in [9.17, 15) is 9.90 Å². The number of aliphatic carboxylic acids is 1. The van der Waals surface area contributed by atoms with Gasteiger partial charge in [0.05, 0.1) is 17.6 Å². The van der Waals surface area contributed by atoms with E-state index in [2.05, 4.69) is 6.92 Å². The Morgan fingerprint density at radius 3 is 2.70 bits per heavy atom. The molecule has 1 saturated heterocycles. The Labute approximate surface area is 119 Å². The van der Waals surface area contributed by atoms with Gasteiger partial charge in [-0.15, -0.1) is 0 Å². The third-order valence-electron chi connectivity index (χ3n) is 4.33. The van der Waals surface area contributed by atoms with Gasteiger partial charge >= 0.3 is 5.97 Å². The molecule has 1 atom stereocenters. The van der Waals surface area contributed by atoms with Gasteiger partial charge in [-0.25, -0.2) is 0 Å². The maximum absolute atomic E-state index is 11.4. The van der Waals surface area contributed by atoms with Gasteiger partial charge in [0, 0.05) is 6.61 Å². The number of carboxylic acids is 1. The Balaban J connectivity index is 2.46. The lowest BCUT2D eigenvalue weighted by Gasteiger charge is -2.28. The van der Waals surface area contributed by atoms with E-state index in [1.54, 1.807) is 13.8 Å². The fourth-order valence-electron chi connectivity index (χ4n) is 2.68. The summed E-state index contributed by atoms with van der Waals surface area (Å²) in [6.45, 7) is 6.72. The maximum Gasteiger partial charge on any atom is 0.313 e. The highest BCUT2D eigenvalue weighted by molar-refractivity contribution is 5.80. The minimum absolute atomic E-state index is 0.433. The van der Waals surface area contributed by atoms with Gasteiger partial charge in [0.15, 0.2) is 0 Å². The van der Waals surface area contributed by atoms with Gasteiger partial charge in [0.25, 0.3) is 0 Å². The van der Waals surface area contributed by atoms with Crippen molar-refractivity contribution in [3.63, 3.8) is 0 Å². The summed E-state index contributed by atoms with van der Waals surface area (Å²) < 4.78 is 5.43. The quantitative estimate of drug-likeness (QED) is 0.885. The molecule has 0 aliphatic carbocycles. The molecule has 1 aromatic carbocycles. The Morgan fingerprint density at radius 2 is 2.20 bits per heavy atom. The second-order valence-corrected chi connectivity index (χ2v) is 6.11. The van der Waals surface area contributed by atoms with E-state index in [-0.39, 0.29) is 0 Å². The normalized spacial score (nSPS) is 23.0. The van der Waals surface area contributed by atoms with Crippen molar-refractivity contribution in [2.24, 2.45) is 5.73 Å². The molecule has 4 heteroatoms. The zero-order valence-electron chi connectivity index (χ0n) is 12.4. The Morgan fingerprint density at radius 1 is 1.50 bits per heavy atom. The summed E-state index contributed by atoms with van der Waals surface area (Å²) in [4.78, 5) is 11.4. The molecular formula is C16H23NO3. The van der Waals surface area contributed by atoms with Crippen molar-refractivity contribution in [1.29, 1.82) is 0 Å². The molecule has 1 aliphatic heterocycles. The number of ether oxygens (including phenoxy) is 1. The number of rotatable bonds is 4. The molecule has 0 radical (unpaired) electrons. The smallest absolute Gasteiger partial charge is 0.313 e. The molecule has 20 heavy (non-hydrogen) atoms. The summed E-state index contributed by atoms with van der Waals surface area (Å²) >= 11 is 0. The minimum atomic E-state index is -0.892. The predicted octanol–water partition coefficient (Wildman–Crippen LogP) is 2.19. The molecule has 1 heterocycles. The number of hydrogen-bond donors (Lipinski definition) is 2. The largest absolute Gasteiger partial charge is 0.481 e. The molecule has 0 bridgehead atoms. The molecule has 0 aromatic heterocycles. The second kappa shape index (κ2) is 5.19. The molecule has 1 aliphatic rings. The van der Waals surface area contributed by atoms with Crippen molar-refractivity contribution in [2.75, 3.05) is 13.2 Å². The lowest BCUT2D eigenvalue weighted by Crippen LogP contribution is -2.38. The van der Waals surface area contributed by atoms with Crippen LogP contribution in [-0.4, -0.2) is 24.3 Å². The average molecular weight is 277 g/mol. The van der Waals surface area contributed by atoms with Gasteiger partial charge in [-0.3, -0.25) is 4.79 Å². The van der Waals surface area contributed by atoms with E-state index < -0.39 is 16.9 Å². The third-order valence-corrected chi connectivity index (χ3v) is 4.33. The summed E-state index contributed by atoms with van der Waals surface area (Å²) in [5.74, 6) is -0.820. The van der Waals surface area contributed by atoms with Crippen LogP contribution in [0, 0.1) is 0 Å². The van der Waals surface area contributed by atoms with E-state index in [1.807, 2.05) is 18.2 Å². The predicted molar refractivity (Wildman–Crippen MR) is 77.8 cm³/mol. The lowest BCUT2D eigenvalue weighted by atomic mass is 9.79. The van der Waals surface area contributed by atoms with Gasteiger partial charge in [0.1, 0.15) is 0 Å². The van der Waals surface area contributed by atoms with Gasteiger partial charge < -0.3 is 15.6 Å². The Bertz CT molecular complexity index is 516. The fourth-order valence-corrected chi connectivity index (χ4v) is 2.68. The van der Waals surface area contributed by atoms with Gasteiger partial charge in [-0.2, -0.15) is 0 Å². The molecule has 1 fully saturated rings. The van der Waals surface area contributed by atoms with Crippen molar-refractivity contribution in [2.45, 2.75) is 44.6 Å². The van der Waals surface area contributed by atoms with Crippen LogP contribution in [0.5, 0.6) is 0 Å². The number of nitrogens with two attached hydrogens (primary N) is 1. The maximum atomic E-state index is 11.4. The van der Waals surface area contributed by atoms with Crippen molar-refractivity contribution >= 4 is 5.97 Å². The monoisotopic (exact) mass is 277 g/mol. The van der Waals surface area contributed by atoms with Crippen LogP contribution in [0.15, 0.2) is 18.2 Å². The molecule has 110 valence electrons. The topological polar surface area (TPSA) is 72.5 Å². The van der Waals surface area contributed by atoms with E-state index in [4.69, 9.17) is 10.5 Å². The first-order valence-electron chi connectivity index (χ1n) is 7.05. The Hall–Kier alpha value is -1.39. The summed E-state index contributed by atoms with van der Waals surface area (Å²) in [6.07, 6.45) is 1.64. The summed E-state index contributed by atoms with van der Waals surface area (Å²) in [5.41, 5.74) is 8.12. The highest BCUT2D eigenvalue weighted by atomic mass is 16.5. The lowest BCUT2D eigenvalue weighted by molar-refractivity contribution is -0.142. The van der Waals surface area contributed by atoms with Crippen molar-refractivity contribution in [1.82, 2.24) is 0 Å². The van der Waals surface area contributed by atoms with Gasteiger partial charge in [-0.05, 0) is 43.4 Å². The zero-order chi connectivity index (χ0) is 15.0. The highest BCUT2D eigenvalue weighted by Gasteiger charge is 2.35. The molecular weight excluding hydrogens is 254 g/mol. The second-order valence-electron chi connectivity index (χ2n) is 6.11. The third kappa shape index (κ3) is 2.45. The van der Waals surface area contributed by atoms with E-state index in [1.165, 1.54) is 0 Å². The molecule has 1 unspecified atom stereocenters. The van der Waals surface area contributed by atoms with E-state index in [0.717, 1.165) is 29.5 Å². The van der Waals surface area contributed by atoms with Gasteiger partial charge in [-0.1, -0.05) is 25.1 Å². The fraction of sp³-hybridized carbons (Fsp3) is 0.562. The van der Waals surface area contributed by atoms with Crippen LogP contribution in [0.25, 0.3) is 0 Å². The zero-order valence-corrected chi connectivity index (χ0v) is 12.4. The van der Waals surface area contributed by atoms with E-state index in [0.29, 0.717) is 13.2 Å². The summed E-state index contributed by atoms with van der Waals surface area (Å²) in [7, 11) is 0.